The monoisotopic (exact) mass is 329 g/mol. The summed E-state index contributed by atoms with van der Waals surface area (Å²) in [5, 5.41) is 13.3. The van der Waals surface area contributed by atoms with Crippen molar-refractivity contribution in [2.75, 3.05) is 0 Å². The number of β-lactam (4-membered cyclic amide) rings is 1. The minimum atomic E-state index is -0.486. The van der Waals surface area contributed by atoms with Crippen molar-refractivity contribution in [1.29, 1.82) is 0 Å². The molecule has 1 fully saturated rings. The summed E-state index contributed by atoms with van der Waals surface area (Å²) in [5.74, 6) is 0.494. The minimum Gasteiger partial charge on any atom is -0.469 e. The second kappa shape index (κ2) is 6.53. The van der Waals surface area contributed by atoms with E-state index in [4.69, 9.17) is 4.42 Å². The van der Waals surface area contributed by atoms with Crippen molar-refractivity contribution in [3.63, 3.8) is 0 Å². The number of carbonyl (C=O) groups is 2. The van der Waals surface area contributed by atoms with Gasteiger partial charge in [-0.3, -0.25) is 19.8 Å². The Bertz CT molecular complexity index is 755. The topological polar surface area (TPSA) is 106 Å². The van der Waals surface area contributed by atoms with Gasteiger partial charge in [-0.15, -0.1) is 0 Å². The molecule has 124 valence electrons. The first kappa shape index (κ1) is 15.7. The Hall–Kier alpha value is -3.16. The van der Waals surface area contributed by atoms with Crippen LogP contribution in [0.5, 0.6) is 0 Å². The summed E-state index contributed by atoms with van der Waals surface area (Å²) in [6.45, 7) is 0.189. The van der Waals surface area contributed by atoms with E-state index in [0.29, 0.717) is 18.4 Å². The van der Waals surface area contributed by atoms with E-state index >= 15 is 0 Å². The van der Waals surface area contributed by atoms with E-state index < -0.39 is 11.0 Å². The molecule has 2 aromatic rings. The van der Waals surface area contributed by atoms with E-state index in [1.54, 1.807) is 30.5 Å². The van der Waals surface area contributed by atoms with Crippen LogP contribution in [0.15, 0.2) is 47.1 Å². The average Bonchev–Trinajstić information content (AvgIpc) is 3.06. The second-order valence-electron chi connectivity index (χ2n) is 5.49. The number of hydrogen-bond donors (Lipinski definition) is 1. The van der Waals surface area contributed by atoms with Crippen molar-refractivity contribution in [3.05, 3.63) is 64.1 Å². The zero-order valence-corrected chi connectivity index (χ0v) is 12.7. The maximum Gasteiger partial charge on any atom is 0.324 e. The molecule has 1 N–H and O–H groups in total. The summed E-state index contributed by atoms with van der Waals surface area (Å²) < 4.78 is 5.24. The molecular formula is C16H15N3O5. The van der Waals surface area contributed by atoms with Gasteiger partial charge < -0.3 is 9.73 Å². The van der Waals surface area contributed by atoms with Gasteiger partial charge in [0, 0.05) is 31.5 Å². The van der Waals surface area contributed by atoms with Gasteiger partial charge in [-0.2, -0.15) is 0 Å². The first-order valence-corrected chi connectivity index (χ1v) is 7.40. The molecule has 0 radical (unpaired) electrons. The number of rotatable bonds is 5. The molecule has 1 aromatic carbocycles. The van der Waals surface area contributed by atoms with Crippen molar-refractivity contribution in [1.82, 2.24) is 10.2 Å². The van der Waals surface area contributed by atoms with Crippen LogP contribution in [0.2, 0.25) is 0 Å². The number of non-ortho nitro benzene ring substituents is 1. The molecule has 0 saturated carbocycles. The standard InChI is InChI=1S/C16H15N3O5/c20-15-9-13(8-14-2-1-7-24-14)18(15)16(21)17-10-11-3-5-12(6-4-11)19(22)23/h1-7,13H,8-10H2,(H,17,21)/t13-/m0/s1. The number of likely N-dealkylation sites (tertiary alicyclic amines) is 1. The van der Waals surface area contributed by atoms with Crippen LogP contribution < -0.4 is 5.32 Å². The maximum atomic E-state index is 12.2. The summed E-state index contributed by atoms with van der Waals surface area (Å²) in [6, 6.07) is 8.76. The first-order chi connectivity index (χ1) is 11.5. The highest BCUT2D eigenvalue weighted by molar-refractivity contribution is 5.99. The number of imide groups is 1. The molecule has 0 spiro atoms. The van der Waals surface area contributed by atoms with E-state index in [-0.39, 0.29) is 24.2 Å². The summed E-state index contributed by atoms with van der Waals surface area (Å²) >= 11 is 0. The van der Waals surface area contributed by atoms with Crippen molar-refractivity contribution >= 4 is 17.6 Å². The van der Waals surface area contributed by atoms with Crippen LogP contribution in [0.1, 0.15) is 17.7 Å². The molecule has 2 heterocycles. The van der Waals surface area contributed by atoms with Gasteiger partial charge in [-0.05, 0) is 17.7 Å². The number of furan rings is 1. The molecule has 3 rings (SSSR count). The van der Waals surface area contributed by atoms with Crippen LogP contribution in [0.3, 0.4) is 0 Å². The van der Waals surface area contributed by atoms with Crippen LogP contribution in [0, 0.1) is 10.1 Å². The Labute approximate surface area is 137 Å². The van der Waals surface area contributed by atoms with Crippen molar-refractivity contribution < 1.29 is 18.9 Å². The Morgan fingerprint density at radius 2 is 2.08 bits per heavy atom. The average molecular weight is 329 g/mol. The molecule has 1 aliphatic heterocycles. The van der Waals surface area contributed by atoms with Crippen LogP contribution in [-0.4, -0.2) is 27.8 Å². The summed E-state index contributed by atoms with van der Waals surface area (Å²) in [6.07, 6.45) is 2.35. The lowest BCUT2D eigenvalue weighted by atomic mass is 9.98. The van der Waals surface area contributed by atoms with Gasteiger partial charge in [-0.25, -0.2) is 4.79 Å². The molecule has 0 aliphatic carbocycles. The SMILES string of the molecule is O=C1C[C@H](Cc2ccco2)N1C(=O)NCc1ccc([N+](=O)[O-])cc1. The highest BCUT2D eigenvalue weighted by Gasteiger charge is 2.41. The predicted molar refractivity (Wildman–Crippen MR) is 83.0 cm³/mol. The van der Waals surface area contributed by atoms with E-state index in [1.807, 2.05) is 0 Å². The molecule has 0 unspecified atom stereocenters. The van der Waals surface area contributed by atoms with E-state index in [9.17, 15) is 19.7 Å². The fourth-order valence-electron chi connectivity index (χ4n) is 2.58. The summed E-state index contributed by atoms with van der Waals surface area (Å²) in [4.78, 5) is 35.2. The van der Waals surface area contributed by atoms with Gasteiger partial charge in [0.1, 0.15) is 5.76 Å². The molecule has 3 amide bonds. The van der Waals surface area contributed by atoms with E-state index in [1.165, 1.54) is 17.0 Å². The highest BCUT2D eigenvalue weighted by Crippen LogP contribution is 2.23. The Kier molecular flexibility index (Phi) is 4.28. The van der Waals surface area contributed by atoms with Gasteiger partial charge in [-0.1, -0.05) is 12.1 Å². The van der Waals surface area contributed by atoms with Gasteiger partial charge >= 0.3 is 6.03 Å². The number of amides is 3. The molecule has 8 heteroatoms. The van der Waals surface area contributed by atoms with Crippen molar-refractivity contribution in [3.8, 4) is 0 Å². The fourth-order valence-corrected chi connectivity index (χ4v) is 2.58. The number of urea groups is 1. The van der Waals surface area contributed by atoms with Crippen LogP contribution in [0.4, 0.5) is 10.5 Å². The van der Waals surface area contributed by atoms with Crippen molar-refractivity contribution in [2.24, 2.45) is 0 Å². The Balaban J connectivity index is 1.55. The normalized spacial score (nSPS) is 16.6. The number of nitro groups is 1. The number of nitrogens with one attached hydrogen (secondary N) is 1. The fraction of sp³-hybridized carbons (Fsp3) is 0.250. The molecule has 1 aliphatic rings. The number of nitro benzene ring substituents is 1. The number of benzene rings is 1. The molecule has 0 bridgehead atoms. The molecule has 1 aromatic heterocycles. The lowest BCUT2D eigenvalue weighted by molar-refractivity contribution is -0.384. The zero-order chi connectivity index (χ0) is 17.1. The molecular weight excluding hydrogens is 314 g/mol. The highest BCUT2D eigenvalue weighted by atomic mass is 16.6. The molecule has 8 nitrogen and oxygen atoms in total. The zero-order valence-electron chi connectivity index (χ0n) is 12.7. The summed E-state index contributed by atoms with van der Waals surface area (Å²) in [5.41, 5.74) is 0.700. The second-order valence-corrected chi connectivity index (χ2v) is 5.49. The van der Waals surface area contributed by atoms with Gasteiger partial charge in [0.05, 0.1) is 17.2 Å². The molecule has 1 atom stereocenters. The third-order valence-corrected chi connectivity index (χ3v) is 3.87. The van der Waals surface area contributed by atoms with Crippen LogP contribution in [-0.2, 0) is 17.8 Å². The maximum absolute atomic E-state index is 12.2. The van der Waals surface area contributed by atoms with Gasteiger partial charge in [0.15, 0.2) is 0 Å². The first-order valence-electron chi connectivity index (χ1n) is 7.40. The largest absolute Gasteiger partial charge is 0.469 e. The molecule has 24 heavy (non-hydrogen) atoms. The van der Waals surface area contributed by atoms with Crippen LogP contribution in [0.25, 0.3) is 0 Å². The van der Waals surface area contributed by atoms with Gasteiger partial charge in [0.25, 0.3) is 5.69 Å². The smallest absolute Gasteiger partial charge is 0.324 e. The molecule has 1 saturated heterocycles. The predicted octanol–water partition coefficient (Wildman–Crippen LogP) is 2.24. The minimum absolute atomic E-state index is 0.0125. The Morgan fingerprint density at radius 1 is 1.33 bits per heavy atom. The van der Waals surface area contributed by atoms with E-state index in [0.717, 1.165) is 5.76 Å². The number of nitrogens with zero attached hydrogens (tertiary/aromatic N) is 2. The third kappa shape index (κ3) is 3.27. The lowest BCUT2D eigenvalue weighted by Crippen LogP contribution is -2.59. The third-order valence-electron chi connectivity index (χ3n) is 3.87. The lowest BCUT2D eigenvalue weighted by Gasteiger charge is -2.38. The number of hydrogen-bond acceptors (Lipinski definition) is 5. The van der Waals surface area contributed by atoms with Crippen molar-refractivity contribution in [2.45, 2.75) is 25.4 Å². The van der Waals surface area contributed by atoms with E-state index in [2.05, 4.69) is 5.32 Å². The van der Waals surface area contributed by atoms with Gasteiger partial charge in [0.2, 0.25) is 5.91 Å². The Morgan fingerprint density at radius 3 is 2.67 bits per heavy atom. The quantitative estimate of drug-likeness (QED) is 0.514. The van der Waals surface area contributed by atoms with Crippen LogP contribution >= 0.6 is 0 Å². The summed E-state index contributed by atoms with van der Waals surface area (Å²) in [7, 11) is 0. The number of carbonyl (C=O) groups excluding carboxylic acids is 2.